The molecular formula is C19H18F3N5O3S. The second-order valence-corrected chi connectivity index (χ2v) is 6.95. The van der Waals surface area contributed by atoms with Crippen LogP contribution in [0.15, 0.2) is 54.9 Å². The van der Waals surface area contributed by atoms with Gasteiger partial charge in [-0.1, -0.05) is 30.3 Å². The van der Waals surface area contributed by atoms with Crippen LogP contribution < -0.4 is 4.74 Å². The van der Waals surface area contributed by atoms with Crippen molar-refractivity contribution in [3.8, 4) is 11.4 Å². The summed E-state index contributed by atoms with van der Waals surface area (Å²) in [6.45, 7) is -1.91. The fraction of sp³-hybridized carbons (Fsp3) is 0.263. The Kier molecular flexibility index (Phi) is 6.71. The Labute approximate surface area is 180 Å². The standard InChI is InChI=1S/C19H18F3N5O3S/c1-30-17-9-5-4-8-16(17)25-12-23-26(18(25)31)13-24(11-19(20,21)22)10-14-6-2-3-7-15(14)27(28)29/h2-9,12H,10-11,13H2,1H3. The lowest BCUT2D eigenvalue weighted by atomic mass is 10.1. The Bertz CT molecular complexity index is 1130. The van der Waals surface area contributed by atoms with Crippen LogP contribution in [-0.2, 0) is 13.2 Å². The van der Waals surface area contributed by atoms with E-state index in [1.807, 2.05) is 0 Å². The van der Waals surface area contributed by atoms with E-state index in [9.17, 15) is 23.3 Å². The number of alkyl halides is 3. The highest BCUT2D eigenvalue weighted by atomic mass is 32.1. The Morgan fingerprint density at radius 1 is 1.19 bits per heavy atom. The van der Waals surface area contributed by atoms with Crippen molar-refractivity contribution in [3.05, 3.63) is 75.3 Å². The first-order valence-electron chi connectivity index (χ1n) is 8.99. The van der Waals surface area contributed by atoms with Crippen LogP contribution in [0.25, 0.3) is 5.69 Å². The summed E-state index contributed by atoms with van der Waals surface area (Å²) in [5.74, 6) is 0.519. The fourth-order valence-corrected chi connectivity index (χ4v) is 3.34. The van der Waals surface area contributed by atoms with Crippen LogP contribution in [0.4, 0.5) is 18.9 Å². The van der Waals surface area contributed by atoms with Gasteiger partial charge in [0, 0.05) is 18.2 Å². The molecule has 1 heterocycles. The zero-order valence-electron chi connectivity index (χ0n) is 16.3. The Morgan fingerprint density at radius 3 is 2.55 bits per heavy atom. The minimum absolute atomic E-state index is 0.152. The van der Waals surface area contributed by atoms with Crippen LogP contribution in [0.1, 0.15) is 5.56 Å². The monoisotopic (exact) mass is 453 g/mol. The predicted molar refractivity (Wildman–Crippen MR) is 109 cm³/mol. The van der Waals surface area contributed by atoms with Gasteiger partial charge in [-0.05, 0) is 24.4 Å². The smallest absolute Gasteiger partial charge is 0.401 e. The molecule has 0 saturated heterocycles. The maximum atomic E-state index is 13.2. The molecule has 31 heavy (non-hydrogen) atoms. The van der Waals surface area contributed by atoms with Crippen LogP contribution in [0.5, 0.6) is 5.75 Å². The SMILES string of the molecule is COc1ccccc1-n1cnn(CN(Cc2ccccc2[N+](=O)[O-])CC(F)(F)F)c1=S. The molecule has 0 aliphatic carbocycles. The predicted octanol–water partition coefficient (Wildman–Crippen LogP) is 4.34. The first kappa shape index (κ1) is 22.4. The van der Waals surface area contributed by atoms with Crippen LogP contribution in [0.3, 0.4) is 0 Å². The molecule has 0 saturated carbocycles. The molecule has 0 spiro atoms. The zero-order chi connectivity index (χ0) is 22.6. The van der Waals surface area contributed by atoms with E-state index >= 15 is 0 Å². The van der Waals surface area contributed by atoms with Gasteiger partial charge in [-0.15, -0.1) is 0 Å². The average Bonchev–Trinajstić information content (AvgIpc) is 3.07. The van der Waals surface area contributed by atoms with Gasteiger partial charge in [0.2, 0.25) is 4.77 Å². The maximum absolute atomic E-state index is 13.2. The van der Waals surface area contributed by atoms with E-state index in [0.717, 1.165) is 4.90 Å². The highest BCUT2D eigenvalue weighted by molar-refractivity contribution is 7.71. The molecule has 3 rings (SSSR count). The number of benzene rings is 2. The highest BCUT2D eigenvalue weighted by Crippen LogP contribution is 2.25. The number of methoxy groups -OCH3 is 1. The third-order valence-corrected chi connectivity index (χ3v) is 4.80. The van der Waals surface area contributed by atoms with E-state index in [4.69, 9.17) is 17.0 Å². The second kappa shape index (κ2) is 9.27. The molecular weight excluding hydrogens is 435 g/mol. The summed E-state index contributed by atoms with van der Waals surface area (Å²) in [5, 5.41) is 15.4. The minimum Gasteiger partial charge on any atom is -0.495 e. The summed E-state index contributed by atoms with van der Waals surface area (Å²) in [6, 6.07) is 12.7. The number of aromatic nitrogens is 3. The lowest BCUT2D eigenvalue weighted by Gasteiger charge is -2.23. The van der Waals surface area contributed by atoms with Crippen LogP contribution in [0.2, 0.25) is 0 Å². The van der Waals surface area contributed by atoms with Crippen molar-refractivity contribution >= 4 is 17.9 Å². The number of nitro benzene ring substituents is 1. The molecule has 0 N–H and O–H groups in total. The van der Waals surface area contributed by atoms with Gasteiger partial charge in [0.25, 0.3) is 5.69 Å². The van der Waals surface area contributed by atoms with Crippen molar-refractivity contribution in [2.24, 2.45) is 0 Å². The third kappa shape index (κ3) is 5.47. The summed E-state index contributed by atoms with van der Waals surface area (Å²) >= 11 is 5.40. The van der Waals surface area contributed by atoms with Crippen molar-refractivity contribution in [1.29, 1.82) is 0 Å². The molecule has 0 amide bonds. The summed E-state index contributed by atoms with van der Waals surface area (Å²) in [4.78, 5) is 11.6. The van der Waals surface area contributed by atoms with Crippen molar-refractivity contribution < 1.29 is 22.8 Å². The van der Waals surface area contributed by atoms with E-state index in [2.05, 4.69) is 5.10 Å². The molecule has 3 aromatic rings. The Balaban J connectivity index is 1.92. The van der Waals surface area contributed by atoms with Gasteiger partial charge in [-0.25, -0.2) is 4.68 Å². The van der Waals surface area contributed by atoms with E-state index in [0.29, 0.717) is 11.4 Å². The number of halogens is 3. The topological polar surface area (TPSA) is 78.4 Å². The summed E-state index contributed by atoms with van der Waals surface area (Å²) in [5.41, 5.74) is 0.493. The summed E-state index contributed by atoms with van der Waals surface area (Å²) in [7, 11) is 1.49. The first-order chi connectivity index (χ1) is 14.7. The van der Waals surface area contributed by atoms with E-state index in [1.165, 1.54) is 47.0 Å². The lowest BCUT2D eigenvalue weighted by molar-refractivity contribution is -0.385. The van der Waals surface area contributed by atoms with Gasteiger partial charge in [0.1, 0.15) is 12.1 Å². The van der Waals surface area contributed by atoms with Crippen molar-refractivity contribution in [2.45, 2.75) is 19.4 Å². The number of hydrogen-bond donors (Lipinski definition) is 0. The highest BCUT2D eigenvalue weighted by Gasteiger charge is 2.32. The first-order valence-corrected chi connectivity index (χ1v) is 9.39. The van der Waals surface area contributed by atoms with Gasteiger partial charge >= 0.3 is 6.18 Å². The molecule has 2 aromatic carbocycles. The molecule has 0 aliphatic heterocycles. The molecule has 0 fully saturated rings. The Hall–Kier alpha value is -3.25. The van der Waals surface area contributed by atoms with Gasteiger partial charge in [-0.3, -0.25) is 19.6 Å². The number of nitrogens with zero attached hydrogens (tertiary/aromatic N) is 5. The molecule has 0 aliphatic rings. The van der Waals surface area contributed by atoms with Gasteiger partial charge in [0.15, 0.2) is 0 Å². The van der Waals surface area contributed by atoms with E-state index in [-0.39, 0.29) is 29.2 Å². The largest absolute Gasteiger partial charge is 0.495 e. The summed E-state index contributed by atoms with van der Waals surface area (Å²) in [6.07, 6.45) is -3.13. The molecule has 12 heteroatoms. The van der Waals surface area contributed by atoms with Gasteiger partial charge in [0.05, 0.1) is 30.9 Å². The average molecular weight is 453 g/mol. The van der Waals surface area contributed by atoms with Gasteiger partial charge < -0.3 is 4.74 Å². The number of rotatable bonds is 8. The molecule has 1 aromatic heterocycles. The van der Waals surface area contributed by atoms with E-state index in [1.54, 1.807) is 24.3 Å². The molecule has 0 bridgehead atoms. The molecule has 0 radical (unpaired) electrons. The number of ether oxygens (including phenoxy) is 1. The molecule has 8 nitrogen and oxygen atoms in total. The quantitative estimate of drug-likeness (QED) is 0.287. The minimum atomic E-state index is -4.52. The molecule has 0 atom stereocenters. The molecule has 164 valence electrons. The summed E-state index contributed by atoms with van der Waals surface area (Å²) < 4.78 is 47.8. The van der Waals surface area contributed by atoms with Crippen molar-refractivity contribution in [1.82, 2.24) is 19.2 Å². The van der Waals surface area contributed by atoms with Crippen LogP contribution in [0, 0.1) is 14.9 Å². The lowest BCUT2D eigenvalue weighted by Crippen LogP contribution is -2.35. The van der Waals surface area contributed by atoms with Crippen LogP contribution >= 0.6 is 12.2 Å². The van der Waals surface area contributed by atoms with Crippen LogP contribution in [-0.4, -0.2) is 44.0 Å². The second-order valence-electron chi connectivity index (χ2n) is 6.58. The Morgan fingerprint density at radius 2 is 1.87 bits per heavy atom. The van der Waals surface area contributed by atoms with E-state index < -0.39 is 17.6 Å². The van der Waals surface area contributed by atoms with Crippen molar-refractivity contribution in [2.75, 3.05) is 13.7 Å². The normalized spacial score (nSPS) is 11.6. The third-order valence-electron chi connectivity index (χ3n) is 4.40. The molecule has 0 unspecified atom stereocenters. The zero-order valence-corrected chi connectivity index (χ0v) is 17.1. The van der Waals surface area contributed by atoms with Crippen molar-refractivity contribution in [3.63, 3.8) is 0 Å². The number of hydrogen-bond acceptors (Lipinski definition) is 6. The number of para-hydroxylation sites is 3. The fourth-order valence-electron chi connectivity index (χ4n) is 3.09. The van der Waals surface area contributed by atoms with Gasteiger partial charge in [-0.2, -0.15) is 18.3 Å². The number of nitro groups is 1. The maximum Gasteiger partial charge on any atom is 0.401 e.